The molecule has 1 aliphatic rings. The fourth-order valence-electron chi connectivity index (χ4n) is 3.20. The highest BCUT2D eigenvalue weighted by Gasteiger charge is 2.30. The number of rotatable bonds is 3. The first-order chi connectivity index (χ1) is 12.1. The van der Waals surface area contributed by atoms with Crippen molar-refractivity contribution in [3.63, 3.8) is 0 Å². The van der Waals surface area contributed by atoms with Gasteiger partial charge in [0.1, 0.15) is 12.4 Å². The van der Waals surface area contributed by atoms with Gasteiger partial charge in [0.25, 0.3) is 5.91 Å². The van der Waals surface area contributed by atoms with Gasteiger partial charge >= 0.3 is 0 Å². The third-order valence-corrected chi connectivity index (χ3v) is 4.29. The zero-order chi connectivity index (χ0) is 17.4. The van der Waals surface area contributed by atoms with Crippen molar-refractivity contribution >= 4 is 11.6 Å². The van der Waals surface area contributed by atoms with Crippen LogP contribution in [-0.4, -0.2) is 32.2 Å². The molecular formula is C18H16FN5O. The van der Waals surface area contributed by atoms with Gasteiger partial charge in [-0.2, -0.15) is 4.80 Å². The minimum absolute atomic E-state index is 0.0129. The number of benzene rings is 2. The Morgan fingerprint density at radius 2 is 2.08 bits per heavy atom. The predicted octanol–water partition coefficient (Wildman–Crippen LogP) is 2.46. The summed E-state index contributed by atoms with van der Waals surface area (Å²) in [6.07, 6.45) is 0.835. The Labute approximate surface area is 143 Å². The summed E-state index contributed by atoms with van der Waals surface area (Å²) in [5, 5.41) is 12.0. The Balaban J connectivity index is 1.54. The van der Waals surface area contributed by atoms with Crippen molar-refractivity contribution in [3.8, 4) is 11.4 Å². The first kappa shape index (κ1) is 15.4. The summed E-state index contributed by atoms with van der Waals surface area (Å²) in [4.78, 5) is 15.7. The summed E-state index contributed by atoms with van der Waals surface area (Å²) in [6.45, 7) is 2.01. The molecule has 1 amide bonds. The van der Waals surface area contributed by atoms with E-state index in [1.807, 2.05) is 31.2 Å². The van der Waals surface area contributed by atoms with E-state index in [2.05, 4.69) is 15.4 Å². The third kappa shape index (κ3) is 2.88. The molecule has 0 radical (unpaired) electrons. The fraction of sp³-hybridized carbons (Fsp3) is 0.222. The van der Waals surface area contributed by atoms with E-state index in [1.165, 1.54) is 16.9 Å². The van der Waals surface area contributed by atoms with Crippen LogP contribution in [0, 0.1) is 5.82 Å². The minimum atomic E-state index is -0.368. The molecule has 6 nitrogen and oxygen atoms in total. The average molecular weight is 337 g/mol. The van der Waals surface area contributed by atoms with Gasteiger partial charge in [-0.25, -0.2) is 4.39 Å². The Morgan fingerprint density at radius 1 is 1.24 bits per heavy atom. The van der Waals surface area contributed by atoms with Gasteiger partial charge in [-0.3, -0.25) is 4.79 Å². The highest BCUT2D eigenvalue weighted by Crippen LogP contribution is 2.31. The van der Waals surface area contributed by atoms with Crippen molar-refractivity contribution < 1.29 is 9.18 Å². The Morgan fingerprint density at radius 3 is 2.92 bits per heavy atom. The number of tetrazole rings is 1. The second kappa shape index (κ2) is 6.08. The Hall–Kier alpha value is -3.09. The molecule has 0 saturated heterocycles. The predicted molar refractivity (Wildman–Crippen MR) is 90.3 cm³/mol. The lowest BCUT2D eigenvalue weighted by atomic mass is 10.1. The van der Waals surface area contributed by atoms with Gasteiger partial charge in [0.15, 0.2) is 0 Å². The summed E-state index contributed by atoms with van der Waals surface area (Å²) in [5.41, 5.74) is 2.62. The van der Waals surface area contributed by atoms with E-state index in [4.69, 9.17) is 0 Å². The number of amides is 1. The lowest BCUT2D eigenvalue weighted by Crippen LogP contribution is -2.38. The van der Waals surface area contributed by atoms with E-state index in [0.29, 0.717) is 11.4 Å². The molecule has 1 atom stereocenters. The van der Waals surface area contributed by atoms with Gasteiger partial charge in [-0.1, -0.05) is 30.3 Å². The zero-order valence-corrected chi connectivity index (χ0v) is 13.6. The molecule has 0 fully saturated rings. The van der Waals surface area contributed by atoms with Gasteiger partial charge in [-0.15, -0.1) is 10.2 Å². The summed E-state index contributed by atoms with van der Waals surface area (Å²) in [5.74, 6) is -0.171. The average Bonchev–Trinajstić information content (AvgIpc) is 3.18. The van der Waals surface area contributed by atoms with Crippen LogP contribution in [0.2, 0.25) is 0 Å². The van der Waals surface area contributed by atoms with Crippen LogP contribution < -0.4 is 4.90 Å². The van der Waals surface area contributed by atoms with Crippen molar-refractivity contribution in [2.24, 2.45) is 0 Å². The number of carbonyl (C=O) groups excluding carboxylic acids is 1. The van der Waals surface area contributed by atoms with Crippen molar-refractivity contribution in [1.82, 2.24) is 20.2 Å². The summed E-state index contributed by atoms with van der Waals surface area (Å²) in [6, 6.07) is 13.9. The molecule has 7 heteroatoms. The molecule has 0 spiro atoms. The second-order valence-electron chi connectivity index (χ2n) is 6.10. The van der Waals surface area contributed by atoms with E-state index in [1.54, 1.807) is 17.0 Å². The first-order valence-corrected chi connectivity index (χ1v) is 8.05. The molecule has 0 aliphatic carbocycles. The van der Waals surface area contributed by atoms with E-state index in [-0.39, 0.29) is 24.3 Å². The molecular weight excluding hydrogens is 321 g/mol. The van der Waals surface area contributed by atoms with E-state index >= 15 is 0 Å². The van der Waals surface area contributed by atoms with Gasteiger partial charge in [-0.05, 0) is 42.3 Å². The summed E-state index contributed by atoms with van der Waals surface area (Å²) in [7, 11) is 0. The molecule has 2 heterocycles. The van der Waals surface area contributed by atoms with Crippen LogP contribution in [0.15, 0.2) is 48.5 Å². The number of para-hydroxylation sites is 1. The number of hydrogen-bond donors (Lipinski definition) is 0. The largest absolute Gasteiger partial charge is 0.307 e. The molecule has 1 aromatic heterocycles. The van der Waals surface area contributed by atoms with Crippen molar-refractivity contribution in [2.75, 3.05) is 4.90 Å². The summed E-state index contributed by atoms with van der Waals surface area (Å²) < 4.78 is 13.3. The topological polar surface area (TPSA) is 63.9 Å². The third-order valence-electron chi connectivity index (χ3n) is 4.29. The molecule has 0 N–H and O–H groups in total. The molecule has 1 aliphatic heterocycles. The number of fused-ring (bicyclic) bond motifs is 1. The van der Waals surface area contributed by atoms with E-state index < -0.39 is 0 Å². The number of carbonyl (C=O) groups is 1. The van der Waals surface area contributed by atoms with Crippen molar-refractivity contribution in [1.29, 1.82) is 0 Å². The van der Waals surface area contributed by atoms with Crippen LogP contribution in [0.4, 0.5) is 10.1 Å². The van der Waals surface area contributed by atoms with Crippen LogP contribution >= 0.6 is 0 Å². The smallest absolute Gasteiger partial charge is 0.250 e. The maximum absolute atomic E-state index is 13.3. The maximum Gasteiger partial charge on any atom is 0.250 e. The van der Waals surface area contributed by atoms with Crippen LogP contribution in [0.3, 0.4) is 0 Å². The van der Waals surface area contributed by atoms with Crippen LogP contribution in [0.5, 0.6) is 0 Å². The lowest BCUT2D eigenvalue weighted by molar-refractivity contribution is -0.119. The molecule has 2 aromatic carbocycles. The SMILES string of the molecule is C[C@@H]1Cc2ccccc2N1C(=O)Cn1nnc(-c2cccc(F)c2)n1. The molecule has 0 bridgehead atoms. The highest BCUT2D eigenvalue weighted by atomic mass is 19.1. The number of aromatic nitrogens is 4. The van der Waals surface area contributed by atoms with E-state index in [0.717, 1.165) is 17.7 Å². The maximum atomic E-state index is 13.3. The zero-order valence-electron chi connectivity index (χ0n) is 13.6. The quantitative estimate of drug-likeness (QED) is 0.736. The molecule has 0 saturated carbocycles. The molecule has 4 rings (SSSR count). The summed E-state index contributed by atoms with van der Waals surface area (Å²) >= 11 is 0. The van der Waals surface area contributed by atoms with E-state index in [9.17, 15) is 9.18 Å². The van der Waals surface area contributed by atoms with Crippen LogP contribution in [0.1, 0.15) is 12.5 Å². The number of nitrogens with zero attached hydrogens (tertiary/aromatic N) is 5. The Bertz CT molecular complexity index is 938. The standard InChI is InChI=1S/C18H16FN5O/c1-12-9-13-5-2-3-8-16(13)24(12)17(25)11-23-21-18(20-22-23)14-6-4-7-15(19)10-14/h2-8,10,12H,9,11H2,1H3/t12-/m1/s1. The monoisotopic (exact) mass is 337 g/mol. The Kier molecular flexibility index (Phi) is 3.76. The van der Waals surface area contributed by atoms with Crippen LogP contribution in [-0.2, 0) is 17.8 Å². The first-order valence-electron chi connectivity index (χ1n) is 8.05. The van der Waals surface area contributed by atoms with Gasteiger partial charge in [0.05, 0.1) is 0 Å². The molecule has 126 valence electrons. The van der Waals surface area contributed by atoms with Crippen molar-refractivity contribution in [3.05, 3.63) is 59.9 Å². The number of halogens is 1. The van der Waals surface area contributed by atoms with Gasteiger partial charge < -0.3 is 4.90 Å². The van der Waals surface area contributed by atoms with Crippen molar-refractivity contribution in [2.45, 2.75) is 25.9 Å². The highest BCUT2D eigenvalue weighted by molar-refractivity contribution is 5.95. The van der Waals surface area contributed by atoms with Crippen LogP contribution in [0.25, 0.3) is 11.4 Å². The number of hydrogen-bond acceptors (Lipinski definition) is 4. The molecule has 0 unspecified atom stereocenters. The van der Waals surface area contributed by atoms with Gasteiger partial charge in [0, 0.05) is 17.3 Å². The second-order valence-corrected chi connectivity index (χ2v) is 6.10. The molecule has 25 heavy (non-hydrogen) atoms. The van der Waals surface area contributed by atoms with Gasteiger partial charge in [0.2, 0.25) is 5.82 Å². The number of anilines is 1. The lowest BCUT2D eigenvalue weighted by Gasteiger charge is -2.22. The normalized spacial score (nSPS) is 16.1. The minimum Gasteiger partial charge on any atom is -0.307 e. The molecule has 3 aromatic rings. The fourth-order valence-corrected chi connectivity index (χ4v) is 3.20.